The summed E-state index contributed by atoms with van der Waals surface area (Å²) in [5.74, 6) is -0.926. The number of rotatable bonds is 10. The van der Waals surface area contributed by atoms with Gasteiger partial charge >= 0.3 is 5.97 Å². The fourth-order valence-corrected chi connectivity index (χ4v) is 5.75. The zero-order valence-electron chi connectivity index (χ0n) is 25.6. The molecular formula is C32H34BrF2N4O4PS. The number of halogens is 3. The summed E-state index contributed by atoms with van der Waals surface area (Å²) in [6.45, 7) is 7.88. The van der Waals surface area contributed by atoms with Crippen LogP contribution in [0.25, 0.3) is 22.3 Å². The van der Waals surface area contributed by atoms with E-state index in [2.05, 4.69) is 25.9 Å². The van der Waals surface area contributed by atoms with Crippen LogP contribution in [0.3, 0.4) is 0 Å². The van der Waals surface area contributed by atoms with Gasteiger partial charge in [-0.05, 0) is 85.6 Å². The molecular weight excluding hydrogens is 685 g/mol. The van der Waals surface area contributed by atoms with Crippen LogP contribution in [0.15, 0.2) is 58.5 Å². The van der Waals surface area contributed by atoms with Gasteiger partial charge in [-0.3, -0.25) is 0 Å². The van der Waals surface area contributed by atoms with E-state index in [1.165, 1.54) is 17.4 Å². The van der Waals surface area contributed by atoms with Crippen LogP contribution in [0.1, 0.15) is 54.4 Å². The molecule has 0 spiro atoms. The van der Waals surface area contributed by atoms with Gasteiger partial charge in [0, 0.05) is 25.2 Å². The molecule has 0 aliphatic rings. The van der Waals surface area contributed by atoms with Crippen LogP contribution in [-0.4, -0.2) is 44.3 Å². The predicted molar refractivity (Wildman–Crippen MR) is 179 cm³/mol. The molecule has 2 unspecified atom stereocenters. The van der Waals surface area contributed by atoms with E-state index >= 15 is 8.78 Å². The number of aromatic nitrogens is 4. The van der Waals surface area contributed by atoms with E-state index in [0.29, 0.717) is 29.0 Å². The molecule has 0 saturated carbocycles. The maximum absolute atomic E-state index is 15.6. The highest BCUT2D eigenvalue weighted by molar-refractivity contribution is 9.11. The van der Waals surface area contributed by atoms with Crippen molar-refractivity contribution in [1.82, 2.24) is 19.5 Å². The molecule has 13 heteroatoms. The third kappa shape index (κ3) is 8.49. The average molecular weight is 720 g/mol. The van der Waals surface area contributed by atoms with Crippen molar-refractivity contribution in [1.29, 1.82) is 0 Å². The van der Waals surface area contributed by atoms with Crippen molar-refractivity contribution in [2.45, 2.75) is 59.0 Å². The zero-order valence-corrected chi connectivity index (χ0v) is 29.4. The van der Waals surface area contributed by atoms with Gasteiger partial charge in [0.25, 0.3) is 0 Å². The average Bonchev–Trinajstić information content (AvgIpc) is 3.54. The van der Waals surface area contributed by atoms with Crippen molar-refractivity contribution in [3.63, 3.8) is 0 Å². The second kappa shape index (κ2) is 14.4. The highest BCUT2D eigenvalue weighted by Crippen LogP contribution is 2.29. The summed E-state index contributed by atoms with van der Waals surface area (Å²) in [6, 6.07) is 12.3. The van der Waals surface area contributed by atoms with E-state index in [9.17, 15) is 4.79 Å². The number of fused-ring (bicyclic) bond motifs is 1. The summed E-state index contributed by atoms with van der Waals surface area (Å²) in [5, 5.41) is 0.748. The largest absolute Gasteiger partial charge is 0.470 e. The van der Waals surface area contributed by atoms with E-state index in [1.54, 1.807) is 70.5 Å². The third-order valence-corrected chi connectivity index (χ3v) is 8.11. The lowest BCUT2D eigenvalue weighted by atomic mass is 10.0. The first-order chi connectivity index (χ1) is 20.9. The highest BCUT2D eigenvalue weighted by Gasteiger charge is 2.22. The van der Waals surface area contributed by atoms with Gasteiger partial charge in [0.1, 0.15) is 34.7 Å². The van der Waals surface area contributed by atoms with Crippen molar-refractivity contribution in [3.05, 3.63) is 92.1 Å². The fraction of sp³-hybridized carbons (Fsp3) is 0.312. The minimum absolute atomic E-state index is 0. The van der Waals surface area contributed by atoms with E-state index in [4.69, 9.17) is 19.2 Å². The Labute approximate surface area is 275 Å². The maximum atomic E-state index is 15.6. The summed E-state index contributed by atoms with van der Waals surface area (Å²) in [7, 11) is 1.59. The lowest BCUT2D eigenvalue weighted by molar-refractivity contribution is 0.00696. The molecule has 0 bridgehead atoms. The summed E-state index contributed by atoms with van der Waals surface area (Å²) in [5.41, 5.74) is 1.36. The number of methoxy groups -OCH3 is 1. The molecule has 8 nitrogen and oxygen atoms in total. The van der Waals surface area contributed by atoms with Gasteiger partial charge in [-0.2, -0.15) is 9.90 Å². The Morgan fingerprint density at radius 1 is 1.09 bits per heavy atom. The lowest BCUT2D eigenvalue weighted by Crippen LogP contribution is -2.24. The van der Waals surface area contributed by atoms with Crippen LogP contribution in [0.5, 0.6) is 5.88 Å². The molecule has 0 N–H and O–H groups in total. The Morgan fingerprint density at radius 2 is 1.87 bits per heavy atom. The molecule has 0 amide bonds. The number of hydrogen-bond donors (Lipinski definition) is 0. The monoisotopic (exact) mass is 718 g/mol. The first-order valence-corrected chi connectivity index (χ1v) is 15.4. The molecule has 0 fully saturated rings. The van der Waals surface area contributed by atoms with E-state index in [0.717, 1.165) is 14.9 Å². The van der Waals surface area contributed by atoms with Gasteiger partial charge in [0.05, 0.1) is 44.9 Å². The van der Waals surface area contributed by atoms with Gasteiger partial charge < -0.3 is 18.8 Å². The summed E-state index contributed by atoms with van der Waals surface area (Å²) in [6.07, 6.45) is 1.48. The van der Waals surface area contributed by atoms with Crippen LogP contribution in [0.2, 0.25) is 0 Å². The first-order valence-electron chi connectivity index (χ1n) is 13.8. The Balaban J connectivity index is 0.00000461. The fourth-order valence-electron chi connectivity index (χ4n) is 4.53. The minimum atomic E-state index is -0.654. The number of hydrogen-bond acceptors (Lipinski definition) is 8. The van der Waals surface area contributed by atoms with Crippen molar-refractivity contribution in [2.24, 2.45) is 0 Å². The maximum Gasteiger partial charge on any atom is 0.338 e. The van der Waals surface area contributed by atoms with Gasteiger partial charge in [-0.15, -0.1) is 11.3 Å². The van der Waals surface area contributed by atoms with E-state index in [-0.39, 0.29) is 51.7 Å². The van der Waals surface area contributed by atoms with Gasteiger partial charge in [0.2, 0.25) is 5.88 Å². The molecule has 3 heterocycles. The predicted octanol–water partition coefficient (Wildman–Crippen LogP) is 7.81. The molecule has 45 heavy (non-hydrogen) atoms. The quantitative estimate of drug-likeness (QED) is 0.108. The summed E-state index contributed by atoms with van der Waals surface area (Å²) in [4.78, 5) is 26.1. The molecule has 5 aromatic rings. The number of nitrogens with zero attached hydrogens (tertiary/aromatic N) is 4. The molecule has 0 saturated heterocycles. The number of esters is 1. The number of imidazole rings is 1. The normalized spacial score (nSPS) is 12.2. The number of benzene rings is 2. The van der Waals surface area contributed by atoms with Crippen molar-refractivity contribution in [3.8, 4) is 17.1 Å². The van der Waals surface area contributed by atoms with Crippen LogP contribution in [0.4, 0.5) is 8.78 Å². The Bertz CT molecular complexity index is 1830. The molecule has 0 aliphatic heterocycles. The van der Waals surface area contributed by atoms with Crippen LogP contribution < -0.4 is 4.74 Å². The molecule has 238 valence electrons. The highest BCUT2D eigenvalue weighted by atomic mass is 79.9. The topological polar surface area (TPSA) is 88.4 Å². The standard InChI is InChI=1S/C32H31BrF2N4O4S.H3P/c1-18(41-5)16-39-26-12-19(31(40)43-32(2,3)4)9-10-25(26)37-28(39)13-20-11-23(35)21(14-22(20)34)24-7-6-8-29(38-24)42-17-30-36-15-27(33)44-30;/h6-12,14-15,18H,13,16-17H2,1-5H3;1H3. The molecule has 2 aromatic carbocycles. The molecule has 5 rings (SSSR count). The second-order valence-corrected chi connectivity index (χ2v) is 13.7. The second-order valence-electron chi connectivity index (χ2n) is 11.2. The van der Waals surface area contributed by atoms with Gasteiger partial charge in [-0.1, -0.05) is 6.07 Å². The third-order valence-electron chi connectivity index (χ3n) is 6.66. The van der Waals surface area contributed by atoms with Crippen LogP contribution in [-0.2, 0) is 29.0 Å². The van der Waals surface area contributed by atoms with Gasteiger partial charge in [0.15, 0.2) is 0 Å². The lowest BCUT2D eigenvalue weighted by Gasteiger charge is -2.19. The number of carbonyl (C=O) groups excluding carboxylic acids is 1. The van der Waals surface area contributed by atoms with Crippen molar-refractivity contribution in [2.75, 3.05) is 7.11 Å². The smallest absolute Gasteiger partial charge is 0.338 e. The summed E-state index contributed by atoms with van der Waals surface area (Å²) >= 11 is 4.80. The number of carbonyl (C=O) groups is 1. The summed E-state index contributed by atoms with van der Waals surface area (Å²) < 4.78 is 50.5. The Morgan fingerprint density at radius 3 is 2.56 bits per heavy atom. The van der Waals surface area contributed by atoms with Crippen molar-refractivity contribution < 1.29 is 27.8 Å². The SMILES string of the molecule is COC(C)Cn1c(Cc2cc(F)c(-c3cccc(OCc4ncc(Br)s4)n3)cc2F)nc2ccc(C(=O)OC(C)(C)C)cc21.P. The van der Waals surface area contributed by atoms with E-state index < -0.39 is 23.2 Å². The Kier molecular flexibility index (Phi) is 11.1. The molecule has 2 atom stereocenters. The number of pyridine rings is 1. The van der Waals surface area contributed by atoms with Gasteiger partial charge in [-0.25, -0.2) is 28.5 Å². The molecule has 0 radical (unpaired) electrons. The van der Waals surface area contributed by atoms with Crippen LogP contribution in [0, 0.1) is 11.6 Å². The van der Waals surface area contributed by atoms with Crippen LogP contribution >= 0.6 is 37.2 Å². The molecule has 0 aliphatic carbocycles. The minimum Gasteiger partial charge on any atom is -0.470 e. The Hall–Kier alpha value is -3.31. The van der Waals surface area contributed by atoms with E-state index in [1.807, 2.05) is 11.5 Å². The number of thiazole rings is 1. The first kappa shape index (κ1) is 34.6. The zero-order chi connectivity index (χ0) is 31.6. The number of ether oxygens (including phenoxy) is 3. The van der Waals surface area contributed by atoms with Crippen molar-refractivity contribution >= 4 is 54.2 Å². The molecule has 3 aromatic heterocycles.